The normalized spacial score (nSPS) is 16.1. The lowest BCUT2D eigenvalue weighted by Crippen LogP contribution is -2.35. The molecule has 1 fully saturated rings. The van der Waals surface area contributed by atoms with Crippen LogP contribution in [0.15, 0.2) is 12.1 Å². The molecule has 9 heteroatoms. The fraction of sp³-hybridized carbons (Fsp3) is 0.562. The second-order valence-electron chi connectivity index (χ2n) is 5.95. The Labute approximate surface area is 151 Å². The van der Waals surface area contributed by atoms with E-state index in [2.05, 4.69) is 4.72 Å². The first-order chi connectivity index (χ1) is 11.8. The number of methoxy groups -OCH3 is 1. The molecule has 0 amide bonds. The Bertz CT molecular complexity index is 719. The van der Waals surface area contributed by atoms with Gasteiger partial charge in [-0.2, -0.15) is 0 Å². The zero-order chi connectivity index (χ0) is 18.4. The van der Waals surface area contributed by atoms with Gasteiger partial charge in [0.05, 0.1) is 29.5 Å². The van der Waals surface area contributed by atoms with Gasteiger partial charge in [-0.3, -0.25) is 4.79 Å². The van der Waals surface area contributed by atoms with Gasteiger partial charge in [-0.05, 0) is 36.5 Å². The number of halogens is 2. The first kappa shape index (κ1) is 20.3. The van der Waals surface area contributed by atoms with Crippen LogP contribution in [0.2, 0.25) is 5.02 Å². The van der Waals surface area contributed by atoms with Crippen LogP contribution in [0.4, 0.5) is 4.39 Å². The topological polar surface area (TPSA) is 81.7 Å². The second kappa shape index (κ2) is 9.05. The molecule has 1 heterocycles. The van der Waals surface area contributed by atoms with Gasteiger partial charge in [-0.15, -0.1) is 0 Å². The fourth-order valence-electron chi connectivity index (χ4n) is 2.65. The van der Waals surface area contributed by atoms with Gasteiger partial charge in [0.2, 0.25) is 10.0 Å². The number of carbonyl (C=O) groups is 1. The zero-order valence-corrected chi connectivity index (χ0v) is 15.5. The molecule has 0 aliphatic carbocycles. The lowest BCUT2D eigenvalue weighted by atomic mass is 10.0. The summed E-state index contributed by atoms with van der Waals surface area (Å²) in [5, 5.41) is -0.206. The largest absolute Gasteiger partial charge is 0.381 e. The minimum absolute atomic E-state index is 0.00226. The SMILES string of the molecule is COCc1cc(Cl)c(F)c(C(=O)CNS(=O)(=O)CC2CCOCC2)c1. The number of nitrogens with one attached hydrogen (secondary N) is 1. The van der Waals surface area contributed by atoms with E-state index in [-0.39, 0.29) is 28.9 Å². The number of benzene rings is 1. The smallest absolute Gasteiger partial charge is 0.212 e. The van der Waals surface area contributed by atoms with Crippen molar-refractivity contribution >= 4 is 27.4 Å². The molecule has 0 spiro atoms. The van der Waals surface area contributed by atoms with Crippen LogP contribution in [0.3, 0.4) is 0 Å². The number of hydrogen-bond acceptors (Lipinski definition) is 5. The molecule has 1 aromatic rings. The maximum Gasteiger partial charge on any atom is 0.212 e. The Hall–Kier alpha value is -1.06. The zero-order valence-electron chi connectivity index (χ0n) is 13.9. The minimum atomic E-state index is -3.63. The molecule has 2 rings (SSSR count). The minimum Gasteiger partial charge on any atom is -0.381 e. The summed E-state index contributed by atoms with van der Waals surface area (Å²) in [6, 6.07) is 2.69. The quantitative estimate of drug-likeness (QED) is 0.684. The molecule has 1 N–H and O–H groups in total. The molecular weight excluding hydrogens is 373 g/mol. The Morgan fingerprint density at radius 2 is 2.08 bits per heavy atom. The third-order valence-corrected chi connectivity index (χ3v) is 5.72. The number of ketones is 1. The van der Waals surface area contributed by atoms with Crippen LogP contribution in [-0.2, 0) is 26.1 Å². The van der Waals surface area contributed by atoms with Crippen molar-refractivity contribution in [1.82, 2.24) is 4.72 Å². The van der Waals surface area contributed by atoms with E-state index in [4.69, 9.17) is 21.1 Å². The molecule has 0 atom stereocenters. The summed E-state index contributed by atoms with van der Waals surface area (Å²) >= 11 is 5.78. The highest BCUT2D eigenvalue weighted by Gasteiger charge is 2.23. The molecule has 0 radical (unpaired) electrons. The van der Waals surface area contributed by atoms with E-state index in [1.807, 2.05) is 0 Å². The predicted molar refractivity (Wildman–Crippen MR) is 91.8 cm³/mol. The number of hydrogen-bond donors (Lipinski definition) is 1. The van der Waals surface area contributed by atoms with Crippen LogP contribution in [0, 0.1) is 11.7 Å². The van der Waals surface area contributed by atoms with E-state index in [0.29, 0.717) is 31.6 Å². The third kappa shape index (κ3) is 6.00. The average molecular weight is 394 g/mol. The van der Waals surface area contributed by atoms with Gasteiger partial charge >= 0.3 is 0 Å². The van der Waals surface area contributed by atoms with Crippen LogP contribution < -0.4 is 4.72 Å². The van der Waals surface area contributed by atoms with Crippen molar-refractivity contribution in [3.05, 3.63) is 34.1 Å². The number of sulfonamides is 1. The first-order valence-corrected chi connectivity index (χ1v) is 9.90. The molecule has 6 nitrogen and oxygen atoms in total. The van der Waals surface area contributed by atoms with Crippen LogP contribution in [-0.4, -0.2) is 46.8 Å². The Morgan fingerprint density at radius 3 is 2.72 bits per heavy atom. The van der Waals surface area contributed by atoms with Crippen molar-refractivity contribution in [3.8, 4) is 0 Å². The third-order valence-electron chi connectivity index (χ3n) is 3.95. The summed E-state index contributed by atoms with van der Waals surface area (Å²) in [5.74, 6) is -1.63. The van der Waals surface area contributed by atoms with Crippen molar-refractivity contribution in [3.63, 3.8) is 0 Å². The van der Waals surface area contributed by atoms with Crippen molar-refractivity contribution in [2.75, 3.05) is 32.6 Å². The van der Waals surface area contributed by atoms with Crippen molar-refractivity contribution in [2.24, 2.45) is 5.92 Å². The second-order valence-corrected chi connectivity index (χ2v) is 8.21. The average Bonchev–Trinajstić information content (AvgIpc) is 2.56. The van der Waals surface area contributed by atoms with Gasteiger partial charge in [0.25, 0.3) is 0 Å². The first-order valence-electron chi connectivity index (χ1n) is 7.87. The van der Waals surface area contributed by atoms with E-state index in [0.717, 1.165) is 0 Å². The monoisotopic (exact) mass is 393 g/mol. The van der Waals surface area contributed by atoms with E-state index < -0.39 is 28.2 Å². The van der Waals surface area contributed by atoms with E-state index in [1.165, 1.54) is 19.2 Å². The van der Waals surface area contributed by atoms with Crippen molar-refractivity contribution < 1.29 is 27.1 Å². The molecular formula is C16H21ClFNO5S. The summed E-state index contributed by atoms with van der Waals surface area (Å²) < 4.78 is 50.7. The van der Waals surface area contributed by atoms with Gasteiger partial charge in [-0.1, -0.05) is 11.6 Å². The van der Waals surface area contributed by atoms with Gasteiger partial charge in [0.1, 0.15) is 0 Å². The van der Waals surface area contributed by atoms with Crippen molar-refractivity contribution in [1.29, 1.82) is 0 Å². The molecule has 140 valence electrons. The number of Topliss-reactive ketones (excluding diaryl/α,β-unsaturated/α-hetero) is 1. The highest BCUT2D eigenvalue weighted by atomic mass is 35.5. The Morgan fingerprint density at radius 1 is 1.40 bits per heavy atom. The van der Waals surface area contributed by atoms with Gasteiger partial charge < -0.3 is 9.47 Å². The standard InChI is InChI=1S/C16H21ClFNO5S/c1-23-9-12-6-13(16(18)14(17)7-12)15(20)8-19-25(21,22)10-11-2-4-24-5-3-11/h6-7,11,19H,2-5,8-10H2,1H3. The molecule has 25 heavy (non-hydrogen) atoms. The predicted octanol–water partition coefficient (Wildman–Crippen LogP) is 2.15. The highest BCUT2D eigenvalue weighted by Crippen LogP contribution is 2.22. The van der Waals surface area contributed by atoms with Gasteiger partial charge in [0.15, 0.2) is 11.6 Å². The Kier molecular flexibility index (Phi) is 7.33. The van der Waals surface area contributed by atoms with Gasteiger partial charge in [0, 0.05) is 20.3 Å². The molecule has 1 aliphatic rings. The maximum absolute atomic E-state index is 14.1. The lowest BCUT2D eigenvalue weighted by Gasteiger charge is -2.21. The summed E-state index contributed by atoms with van der Waals surface area (Å²) in [4.78, 5) is 12.2. The molecule has 0 aromatic heterocycles. The highest BCUT2D eigenvalue weighted by molar-refractivity contribution is 7.89. The van der Waals surface area contributed by atoms with E-state index >= 15 is 0 Å². The number of ether oxygens (including phenoxy) is 2. The molecule has 1 saturated heterocycles. The molecule has 1 aliphatic heterocycles. The lowest BCUT2D eigenvalue weighted by molar-refractivity contribution is 0.0722. The fourth-order valence-corrected chi connectivity index (χ4v) is 4.32. The summed E-state index contributed by atoms with van der Waals surface area (Å²) in [6.45, 7) is 0.717. The summed E-state index contributed by atoms with van der Waals surface area (Å²) in [5.41, 5.74) is 0.274. The summed E-state index contributed by atoms with van der Waals surface area (Å²) in [7, 11) is -2.17. The summed E-state index contributed by atoms with van der Waals surface area (Å²) in [6.07, 6.45) is 1.33. The molecule has 1 aromatic carbocycles. The van der Waals surface area contributed by atoms with Gasteiger partial charge in [-0.25, -0.2) is 17.5 Å². The molecule has 0 bridgehead atoms. The molecule has 0 unspecified atom stereocenters. The van der Waals surface area contributed by atoms with Crippen LogP contribution in [0.5, 0.6) is 0 Å². The maximum atomic E-state index is 14.1. The Balaban J connectivity index is 2.01. The van der Waals surface area contributed by atoms with E-state index in [1.54, 1.807) is 0 Å². The number of carbonyl (C=O) groups excluding carboxylic acids is 1. The van der Waals surface area contributed by atoms with Crippen LogP contribution in [0.1, 0.15) is 28.8 Å². The van der Waals surface area contributed by atoms with Crippen LogP contribution >= 0.6 is 11.6 Å². The van der Waals surface area contributed by atoms with Crippen molar-refractivity contribution in [2.45, 2.75) is 19.4 Å². The molecule has 0 saturated carbocycles. The van der Waals surface area contributed by atoms with Crippen LogP contribution in [0.25, 0.3) is 0 Å². The van der Waals surface area contributed by atoms with E-state index in [9.17, 15) is 17.6 Å². The number of rotatable bonds is 8.